The van der Waals surface area contributed by atoms with Gasteiger partial charge in [0.1, 0.15) is 12.4 Å². The van der Waals surface area contributed by atoms with Crippen molar-refractivity contribution in [2.24, 2.45) is 0 Å². The summed E-state index contributed by atoms with van der Waals surface area (Å²) in [4.78, 5) is 24.1. The van der Waals surface area contributed by atoms with E-state index in [1.165, 1.54) is 6.92 Å². The van der Waals surface area contributed by atoms with Gasteiger partial charge in [0.2, 0.25) is 6.04 Å². The molecule has 3 aromatic rings. The Morgan fingerprint density at radius 2 is 1.71 bits per heavy atom. The van der Waals surface area contributed by atoms with Crippen molar-refractivity contribution >= 4 is 17.4 Å². The first-order valence-corrected chi connectivity index (χ1v) is 9.12. The summed E-state index contributed by atoms with van der Waals surface area (Å²) in [7, 11) is 0. The second-order valence-corrected chi connectivity index (χ2v) is 6.56. The quantitative estimate of drug-likeness (QED) is 0.502. The number of ketones is 1. The first-order chi connectivity index (χ1) is 13.5. The second kappa shape index (κ2) is 8.95. The summed E-state index contributed by atoms with van der Waals surface area (Å²) >= 11 is 0. The molecule has 2 aromatic carbocycles. The van der Waals surface area contributed by atoms with Gasteiger partial charge in [-0.15, -0.1) is 0 Å². The Bertz CT molecular complexity index is 953. The number of rotatable bonds is 7. The van der Waals surface area contributed by atoms with Crippen LogP contribution in [0.15, 0.2) is 79.1 Å². The van der Waals surface area contributed by atoms with Crippen molar-refractivity contribution in [1.29, 1.82) is 0 Å². The first-order valence-electron chi connectivity index (χ1n) is 9.12. The van der Waals surface area contributed by atoms with Crippen LogP contribution in [0.4, 0.5) is 5.69 Å². The normalized spacial score (nSPS) is 11.5. The molecule has 3 rings (SSSR count). The number of carbonyl (C=O) groups excluding carboxylic acids is 2. The standard InChI is InChI=1S/C23H22N2O3/c1-17(25-14-6-9-20(15-25)18(2)26)23(27)24-21-10-12-22(13-11-21)28-16-19-7-4-3-5-8-19/h3-15,17H,16H2,1-2H3/p+1/t17-/m1/s1. The number of benzene rings is 2. The lowest BCUT2D eigenvalue weighted by molar-refractivity contribution is -0.705. The van der Waals surface area contributed by atoms with Crippen molar-refractivity contribution in [3.8, 4) is 5.75 Å². The maximum absolute atomic E-state index is 12.5. The average Bonchev–Trinajstić information content (AvgIpc) is 2.73. The van der Waals surface area contributed by atoms with E-state index in [1.54, 1.807) is 36.0 Å². The number of amides is 1. The molecule has 1 aromatic heterocycles. The monoisotopic (exact) mass is 375 g/mol. The number of nitrogens with one attached hydrogen (secondary N) is 1. The summed E-state index contributed by atoms with van der Waals surface area (Å²) < 4.78 is 7.48. The molecule has 0 fully saturated rings. The zero-order chi connectivity index (χ0) is 19.9. The van der Waals surface area contributed by atoms with Crippen LogP contribution in [0.3, 0.4) is 0 Å². The van der Waals surface area contributed by atoms with Crippen LogP contribution in [0.1, 0.15) is 35.8 Å². The van der Waals surface area contributed by atoms with Gasteiger partial charge in [0.15, 0.2) is 18.2 Å². The van der Waals surface area contributed by atoms with Gasteiger partial charge in [-0.05, 0) is 42.8 Å². The van der Waals surface area contributed by atoms with Gasteiger partial charge in [0.05, 0.1) is 5.56 Å². The maximum atomic E-state index is 12.5. The van der Waals surface area contributed by atoms with Crippen molar-refractivity contribution in [2.75, 3.05) is 5.32 Å². The molecule has 0 spiro atoms. The van der Waals surface area contributed by atoms with Crippen LogP contribution in [-0.2, 0) is 11.4 Å². The van der Waals surface area contributed by atoms with E-state index < -0.39 is 6.04 Å². The van der Waals surface area contributed by atoms with Crippen LogP contribution in [0, 0.1) is 0 Å². The lowest BCUT2D eigenvalue weighted by Gasteiger charge is -2.10. The van der Waals surface area contributed by atoms with E-state index in [-0.39, 0.29) is 11.7 Å². The van der Waals surface area contributed by atoms with Gasteiger partial charge in [-0.25, -0.2) is 0 Å². The number of nitrogens with zero attached hydrogens (tertiary/aromatic N) is 1. The molecule has 0 radical (unpaired) electrons. The van der Waals surface area contributed by atoms with Gasteiger partial charge in [-0.2, -0.15) is 4.57 Å². The highest BCUT2D eigenvalue weighted by Gasteiger charge is 2.22. The van der Waals surface area contributed by atoms with Crippen molar-refractivity contribution in [3.63, 3.8) is 0 Å². The van der Waals surface area contributed by atoms with Crippen molar-refractivity contribution in [1.82, 2.24) is 0 Å². The molecule has 0 bridgehead atoms. The number of carbonyl (C=O) groups is 2. The van der Waals surface area contributed by atoms with E-state index in [0.717, 1.165) is 11.3 Å². The summed E-state index contributed by atoms with van der Waals surface area (Å²) in [6.07, 6.45) is 3.46. The van der Waals surface area contributed by atoms with Crippen LogP contribution in [0.5, 0.6) is 5.75 Å². The minimum absolute atomic E-state index is 0.0342. The van der Waals surface area contributed by atoms with Gasteiger partial charge < -0.3 is 10.1 Å². The number of ether oxygens (including phenoxy) is 1. The predicted molar refractivity (Wildman–Crippen MR) is 107 cm³/mol. The van der Waals surface area contributed by atoms with E-state index in [4.69, 9.17) is 4.74 Å². The molecule has 0 aliphatic rings. The molecular formula is C23H23N2O3+. The van der Waals surface area contributed by atoms with E-state index >= 15 is 0 Å². The molecule has 1 atom stereocenters. The van der Waals surface area contributed by atoms with Crippen LogP contribution < -0.4 is 14.6 Å². The predicted octanol–water partition coefficient (Wildman–Crippen LogP) is 3.96. The Kier molecular flexibility index (Phi) is 6.17. The highest BCUT2D eigenvalue weighted by atomic mass is 16.5. The summed E-state index contributed by atoms with van der Waals surface area (Å²) in [6, 6.07) is 20.2. The first kappa shape index (κ1) is 19.3. The Morgan fingerprint density at radius 1 is 1.00 bits per heavy atom. The third kappa shape index (κ3) is 5.04. The van der Waals surface area contributed by atoms with Crippen LogP contribution >= 0.6 is 0 Å². The van der Waals surface area contributed by atoms with E-state index in [0.29, 0.717) is 17.9 Å². The fourth-order valence-electron chi connectivity index (χ4n) is 2.70. The molecule has 0 aliphatic carbocycles. The number of hydrogen-bond acceptors (Lipinski definition) is 3. The highest BCUT2D eigenvalue weighted by Crippen LogP contribution is 2.18. The molecule has 0 saturated carbocycles. The number of pyridine rings is 1. The number of aromatic nitrogens is 1. The maximum Gasteiger partial charge on any atom is 0.293 e. The topological polar surface area (TPSA) is 59.3 Å². The van der Waals surface area contributed by atoms with Gasteiger partial charge >= 0.3 is 0 Å². The summed E-state index contributed by atoms with van der Waals surface area (Å²) in [5.41, 5.74) is 2.35. The minimum atomic E-state index is -0.451. The SMILES string of the molecule is CC(=O)c1ccc[n+]([C@H](C)C(=O)Nc2ccc(OCc3ccccc3)cc2)c1. The largest absolute Gasteiger partial charge is 0.489 e. The molecule has 5 heteroatoms. The van der Waals surface area contributed by atoms with E-state index in [9.17, 15) is 9.59 Å². The molecule has 0 saturated heterocycles. The molecule has 0 aliphatic heterocycles. The lowest BCUT2D eigenvalue weighted by Crippen LogP contribution is -2.44. The molecule has 0 unspecified atom stereocenters. The third-order valence-corrected chi connectivity index (χ3v) is 4.43. The summed E-state index contributed by atoms with van der Waals surface area (Å²) in [6.45, 7) is 3.79. The molecule has 1 amide bonds. The fourth-order valence-corrected chi connectivity index (χ4v) is 2.70. The van der Waals surface area contributed by atoms with Crippen molar-refractivity contribution < 1.29 is 18.9 Å². The van der Waals surface area contributed by atoms with E-state index in [1.807, 2.05) is 54.6 Å². The fraction of sp³-hybridized carbons (Fsp3) is 0.174. The van der Waals surface area contributed by atoms with Gasteiger partial charge in [0.25, 0.3) is 5.91 Å². The number of Topliss-reactive ketones (excluding diaryl/α,β-unsaturated/α-hetero) is 1. The molecule has 1 heterocycles. The zero-order valence-electron chi connectivity index (χ0n) is 16.0. The van der Waals surface area contributed by atoms with Crippen molar-refractivity contribution in [2.45, 2.75) is 26.5 Å². The van der Waals surface area contributed by atoms with Crippen LogP contribution in [-0.4, -0.2) is 11.7 Å². The van der Waals surface area contributed by atoms with Crippen LogP contribution in [0.2, 0.25) is 0 Å². The number of hydrogen-bond donors (Lipinski definition) is 1. The van der Waals surface area contributed by atoms with Gasteiger partial charge in [-0.1, -0.05) is 30.3 Å². The second-order valence-electron chi connectivity index (χ2n) is 6.56. The Labute approximate surface area is 164 Å². The molecule has 28 heavy (non-hydrogen) atoms. The molecule has 1 N–H and O–H groups in total. The third-order valence-electron chi connectivity index (χ3n) is 4.43. The number of anilines is 1. The Morgan fingerprint density at radius 3 is 2.39 bits per heavy atom. The molecular weight excluding hydrogens is 352 g/mol. The van der Waals surface area contributed by atoms with Crippen molar-refractivity contribution in [3.05, 3.63) is 90.3 Å². The van der Waals surface area contributed by atoms with Gasteiger partial charge in [0, 0.05) is 18.7 Å². The average molecular weight is 375 g/mol. The van der Waals surface area contributed by atoms with Gasteiger partial charge in [-0.3, -0.25) is 9.59 Å². The van der Waals surface area contributed by atoms with Crippen LogP contribution in [0.25, 0.3) is 0 Å². The summed E-state index contributed by atoms with van der Waals surface area (Å²) in [5.74, 6) is 0.537. The summed E-state index contributed by atoms with van der Waals surface area (Å²) in [5, 5.41) is 2.89. The minimum Gasteiger partial charge on any atom is -0.489 e. The highest BCUT2D eigenvalue weighted by molar-refractivity contribution is 5.94. The smallest absolute Gasteiger partial charge is 0.293 e. The Hall–Kier alpha value is -3.47. The molecule has 5 nitrogen and oxygen atoms in total. The molecule has 142 valence electrons. The lowest BCUT2D eigenvalue weighted by atomic mass is 10.2. The Balaban J connectivity index is 1.59. The van der Waals surface area contributed by atoms with E-state index in [2.05, 4.69) is 5.32 Å². The zero-order valence-corrected chi connectivity index (χ0v) is 16.0.